The third-order valence-corrected chi connectivity index (χ3v) is 4.66. The van der Waals surface area contributed by atoms with Gasteiger partial charge < -0.3 is 9.64 Å². The number of morpholine rings is 1. The molecule has 3 rings (SSSR count). The van der Waals surface area contributed by atoms with E-state index in [1.54, 1.807) is 4.90 Å². The van der Waals surface area contributed by atoms with Crippen LogP contribution in [0.1, 0.15) is 5.56 Å². The van der Waals surface area contributed by atoms with E-state index >= 15 is 0 Å². The summed E-state index contributed by atoms with van der Waals surface area (Å²) < 4.78 is 43.8. The van der Waals surface area contributed by atoms with Crippen LogP contribution in [0.5, 0.6) is 0 Å². The van der Waals surface area contributed by atoms with Crippen molar-refractivity contribution < 1.29 is 22.8 Å². The second-order valence-electron chi connectivity index (χ2n) is 5.03. The van der Waals surface area contributed by atoms with E-state index in [2.05, 4.69) is 4.98 Å². The number of halogens is 3. The maximum absolute atomic E-state index is 12.9. The van der Waals surface area contributed by atoms with E-state index in [1.165, 1.54) is 0 Å². The Morgan fingerprint density at radius 2 is 1.96 bits per heavy atom. The molecule has 0 saturated carbocycles. The van der Waals surface area contributed by atoms with E-state index in [1.807, 2.05) is 0 Å². The predicted octanol–water partition coefficient (Wildman–Crippen LogP) is 2.42. The van der Waals surface area contributed by atoms with Crippen LogP contribution in [0.3, 0.4) is 0 Å². The zero-order valence-corrected chi connectivity index (χ0v) is 12.8. The van der Waals surface area contributed by atoms with Gasteiger partial charge >= 0.3 is 6.18 Å². The minimum absolute atomic E-state index is 0.116. The summed E-state index contributed by atoms with van der Waals surface area (Å²) in [6.45, 7) is 1.72. The summed E-state index contributed by atoms with van der Waals surface area (Å²) in [7, 11) is 0. The first-order valence-corrected chi connectivity index (χ1v) is 7.62. The number of aromatic nitrogens is 1. The summed E-state index contributed by atoms with van der Waals surface area (Å²) >= 11 is 0.832. The summed E-state index contributed by atoms with van der Waals surface area (Å²) in [4.78, 5) is 27.9. The molecule has 0 bridgehead atoms. The number of hydrogen-bond acceptors (Lipinski definition) is 7. The molecule has 7 nitrogen and oxygen atoms in total. The zero-order chi connectivity index (χ0) is 17.5. The molecule has 0 unspecified atom stereocenters. The molecule has 11 heteroatoms. The molecule has 0 aliphatic carbocycles. The van der Waals surface area contributed by atoms with Crippen LogP contribution < -0.4 is 10.5 Å². The van der Waals surface area contributed by atoms with Crippen LogP contribution in [-0.2, 0) is 10.9 Å². The molecule has 1 fully saturated rings. The Balaban J connectivity index is 2.24. The topological polar surface area (TPSA) is 85.6 Å². The highest BCUT2D eigenvalue weighted by molar-refractivity contribution is 7.22. The summed E-state index contributed by atoms with van der Waals surface area (Å²) in [5.41, 5.74) is -2.91. The van der Waals surface area contributed by atoms with E-state index in [0.717, 1.165) is 11.3 Å². The molecule has 1 aliphatic heterocycles. The van der Waals surface area contributed by atoms with Crippen molar-refractivity contribution in [2.24, 2.45) is 0 Å². The fourth-order valence-electron chi connectivity index (χ4n) is 2.33. The van der Waals surface area contributed by atoms with E-state index in [9.17, 15) is 28.1 Å². The summed E-state index contributed by atoms with van der Waals surface area (Å²) in [6.07, 6.45) is -4.79. The van der Waals surface area contributed by atoms with Crippen LogP contribution in [0.4, 0.5) is 24.0 Å². The van der Waals surface area contributed by atoms with Crippen molar-refractivity contribution in [1.29, 1.82) is 0 Å². The van der Waals surface area contributed by atoms with Gasteiger partial charge in [0.15, 0.2) is 5.13 Å². The first-order chi connectivity index (χ1) is 11.3. The minimum atomic E-state index is -4.79. The third kappa shape index (κ3) is 3.04. The van der Waals surface area contributed by atoms with E-state index in [-0.39, 0.29) is 9.83 Å². The molecule has 0 radical (unpaired) electrons. The van der Waals surface area contributed by atoms with Gasteiger partial charge in [0.1, 0.15) is 4.70 Å². The molecule has 0 atom stereocenters. The number of nitro benzene ring substituents is 1. The van der Waals surface area contributed by atoms with Gasteiger partial charge in [0.05, 0.1) is 29.1 Å². The highest BCUT2D eigenvalue weighted by Crippen LogP contribution is 2.38. The van der Waals surface area contributed by atoms with Crippen LogP contribution in [0.2, 0.25) is 0 Å². The van der Waals surface area contributed by atoms with Gasteiger partial charge in [-0.2, -0.15) is 18.2 Å². The lowest BCUT2D eigenvalue weighted by atomic mass is 10.1. The quantitative estimate of drug-likeness (QED) is 0.603. The Kier molecular flexibility index (Phi) is 4.13. The lowest BCUT2D eigenvalue weighted by Crippen LogP contribution is -2.37. The van der Waals surface area contributed by atoms with Crippen molar-refractivity contribution >= 4 is 32.2 Å². The van der Waals surface area contributed by atoms with Crippen LogP contribution in [-0.4, -0.2) is 36.2 Å². The molecule has 0 spiro atoms. The average Bonchev–Trinajstić information content (AvgIpc) is 2.53. The highest BCUT2D eigenvalue weighted by atomic mass is 32.1. The normalized spacial score (nSPS) is 15.7. The fourth-order valence-corrected chi connectivity index (χ4v) is 3.45. The minimum Gasteiger partial charge on any atom is -0.378 e. The number of anilines is 1. The number of alkyl halides is 3. The van der Waals surface area contributed by atoms with Crippen molar-refractivity contribution in [1.82, 2.24) is 4.98 Å². The van der Waals surface area contributed by atoms with Gasteiger partial charge in [-0.25, -0.2) is 0 Å². The molecule has 1 aromatic carbocycles. The number of fused-ring (bicyclic) bond motifs is 1. The van der Waals surface area contributed by atoms with Crippen molar-refractivity contribution in [2.75, 3.05) is 31.2 Å². The lowest BCUT2D eigenvalue weighted by Gasteiger charge is -2.26. The van der Waals surface area contributed by atoms with E-state index in [4.69, 9.17) is 4.74 Å². The zero-order valence-electron chi connectivity index (χ0n) is 12.0. The van der Waals surface area contributed by atoms with Gasteiger partial charge in [0.2, 0.25) is 0 Å². The molecule has 128 valence electrons. The number of ether oxygens (including phenoxy) is 1. The Hall–Kier alpha value is -2.27. The smallest absolute Gasteiger partial charge is 0.378 e. The number of rotatable bonds is 2. The molecule has 0 amide bonds. The standard InChI is InChI=1S/C13H10F3N3O4S/c14-13(15,16)7-5-8-10(9(6-7)19(21)22)24-12(17-11(8)20)18-1-3-23-4-2-18/h5-6H,1-4H2. The maximum Gasteiger partial charge on any atom is 0.416 e. The van der Waals surface area contributed by atoms with Crippen molar-refractivity contribution in [3.8, 4) is 0 Å². The molecule has 24 heavy (non-hydrogen) atoms. The molecule has 1 aromatic heterocycles. The second-order valence-corrected chi connectivity index (χ2v) is 6.01. The number of nitrogens with zero attached hydrogens (tertiary/aromatic N) is 3. The Bertz CT molecular complexity index is 862. The number of non-ortho nitro benzene ring substituents is 1. The van der Waals surface area contributed by atoms with Gasteiger partial charge in [-0.05, 0) is 6.07 Å². The first-order valence-electron chi connectivity index (χ1n) is 6.80. The van der Waals surface area contributed by atoms with Crippen molar-refractivity contribution in [2.45, 2.75) is 6.18 Å². The SMILES string of the molecule is O=c1nc(N2CCOCC2)sc2c([N+](=O)[O-])cc(C(F)(F)F)cc12. The van der Waals surface area contributed by atoms with Crippen LogP contribution in [0.25, 0.3) is 10.1 Å². The van der Waals surface area contributed by atoms with Gasteiger partial charge in [-0.15, -0.1) is 0 Å². The summed E-state index contributed by atoms with van der Waals surface area (Å²) in [5, 5.41) is 11.0. The van der Waals surface area contributed by atoms with Crippen LogP contribution in [0.15, 0.2) is 16.9 Å². The molecular weight excluding hydrogens is 351 g/mol. The van der Waals surface area contributed by atoms with Crippen LogP contribution in [0, 0.1) is 10.1 Å². The monoisotopic (exact) mass is 361 g/mol. The molecule has 1 aliphatic rings. The summed E-state index contributed by atoms with van der Waals surface area (Å²) in [5.74, 6) is 0. The Morgan fingerprint density at radius 3 is 2.54 bits per heavy atom. The highest BCUT2D eigenvalue weighted by Gasteiger charge is 2.34. The fraction of sp³-hybridized carbons (Fsp3) is 0.385. The molecule has 1 saturated heterocycles. The Morgan fingerprint density at radius 1 is 1.29 bits per heavy atom. The van der Waals surface area contributed by atoms with Gasteiger partial charge in [-0.1, -0.05) is 11.3 Å². The van der Waals surface area contributed by atoms with Gasteiger partial charge in [0.25, 0.3) is 11.2 Å². The number of hydrogen-bond donors (Lipinski definition) is 0. The molecule has 2 aromatic rings. The third-order valence-electron chi connectivity index (χ3n) is 3.50. The largest absolute Gasteiger partial charge is 0.416 e. The number of benzene rings is 1. The van der Waals surface area contributed by atoms with E-state index < -0.39 is 33.3 Å². The maximum atomic E-state index is 12.9. The molecule has 0 N–H and O–H groups in total. The number of nitro groups is 1. The van der Waals surface area contributed by atoms with Gasteiger partial charge in [-0.3, -0.25) is 14.9 Å². The van der Waals surface area contributed by atoms with Crippen LogP contribution >= 0.6 is 11.3 Å². The first kappa shape index (κ1) is 16.6. The lowest BCUT2D eigenvalue weighted by molar-refractivity contribution is -0.383. The second kappa shape index (κ2) is 5.98. The van der Waals surface area contributed by atoms with Gasteiger partial charge in [0, 0.05) is 19.2 Å². The van der Waals surface area contributed by atoms with Crippen molar-refractivity contribution in [3.05, 3.63) is 38.2 Å². The van der Waals surface area contributed by atoms with E-state index in [0.29, 0.717) is 38.4 Å². The average molecular weight is 361 g/mol. The molecule has 2 heterocycles. The van der Waals surface area contributed by atoms with Crippen molar-refractivity contribution in [3.63, 3.8) is 0 Å². The predicted molar refractivity (Wildman–Crippen MR) is 80.6 cm³/mol. The molecular formula is C13H10F3N3O4S. The Labute approximate surface area is 136 Å². The summed E-state index contributed by atoms with van der Waals surface area (Å²) in [6, 6.07) is 1.05.